The van der Waals surface area contributed by atoms with Crippen LogP contribution in [0, 0.1) is 6.92 Å². The number of fused-ring (bicyclic) bond motifs is 1. The smallest absolute Gasteiger partial charge is 0.337 e. The molecular weight excluding hydrogens is 334 g/mol. The Morgan fingerprint density at radius 1 is 1.27 bits per heavy atom. The minimum Gasteiger partial charge on any atom is -0.458 e. The maximum atomic E-state index is 12.7. The molecule has 0 fully saturated rings. The number of nitrogens with one attached hydrogen (secondary N) is 3. The summed E-state index contributed by atoms with van der Waals surface area (Å²) in [6.07, 6.45) is 1.48. The molecule has 7 heteroatoms. The highest BCUT2D eigenvalue weighted by Crippen LogP contribution is 2.39. The van der Waals surface area contributed by atoms with Gasteiger partial charge in [-0.3, -0.25) is 14.8 Å². The molecule has 1 atom stereocenters. The zero-order valence-corrected chi connectivity index (χ0v) is 14.5. The molecule has 0 unspecified atom stereocenters. The van der Waals surface area contributed by atoms with Crippen LogP contribution in [0.25, 0.3) is 0 Å². The Kier molecular flexibility index (Phi) is 4.62. The predicted molar refractivity (Wildman–Crippen MR) is 98.2 cm³/mol. The molecular formula is C19H19N3O4. The molecule has 7 nitrogen and oxygen atoms in total. The highest BCUT2D eigenvalue weighted by Gasteiger charge is 2.35. The van der Waals surface area contributed by atoms with E-state index in [4.69, 9.17) is 4.74 Å². The zero-order chi connectivity index (χ0) is 18.8. The van der Waals surface area contributed by atoms with Gasteiger partial charge in [0.2, 0.25) is 0 Å². The predicted octanol–water partition coefficient (Wildman–Crippen LogP) is 1.93. The number of aromatic amines is 2. The van der Waals surface area contributed by atoms with Crippen molar-refractivity contribution in [2.24, 2.45) is 0 Å². The summed E-state index contributed by atoms with van der Waals surface area (Å²) in [6, 6.07) is 7.52. The first kappa shape index (κ1) is 17.5. The average Bonchev–Trinajstić information content (AvgIpc) is 2.58. The summed E-state index contributed by atoms with van der Waals surface area (Å²) in [4.78, 5) is 41.7. The molecule has 0 saturated heterocycles. The summed E-state index contributed by atoms with van der Waals surface area (Å²) in [6.45, 7) is 7.23. The van der Waals surface area contributed by atoms with Gasteiger partial charge in [-0.2, -0.15) is 0 Å². The van der Waals surface area contributed by atoms with Crippen LogP contribution in [-0.2, 0) is 9.53 Å². The zero-order valence-electron chi connectivity index (χ0n) is 14.5. The summed E-state index contributed by atoms with van der Waals surface area (Å²) in [5, 5.41) is 2.94. The fraction of sp³-hybridized carbons (Fsp3) is 0.211. The van der Waals surface area contributed by atoms with Gasteiger partial charge in [0.1, 0.15) is 12.4 Å². The molecule has 0 bridgehead atoms. The molecule has 3 rings (SSSR count). The van der Waals surface area contributed by atoms with Gasteiger partial charge in [0.15, 0.2) is 0 Å². The Labute approximate surface area is 149 Å². The molecule has 2 heterocycles. The average molecular weight is 353 g/mol. The molecule has 26 heavy (non-hydrogen) atoms. The van der Waals surface area contributed by atoms with Crippen LogP contribution in [-0.4, -0.2) is 22.5 Å². The summed E-state index contributed by atoms with van der Waals surface area (Å²) < 4.78 is 5.22. The number of esters is 1. The van der Waals surface area contributed by atoms with Gasteiger partial charge in [-0.25, -0.2) is 9.59 Å². The third-order valence-corrected chi connectivity index (χ3v) is 4.20. The number of hydrogen-bond donors (Lipinski definition) is 3. The lowest BCUT2D eigenvalue weighted by Gasteiger charge is -2.28. The van der Waals surface area contributed by atoms with E-state index < -0.39 is 23.1 Å². The van der Waals surface area contributed by atoms with E-state index in [2.05, 4.69) is 21.9 Å². The van der Waals surface area contributed by atoms with Crippen LogP contribution in [0.3, 0.4) is 0 Å². The molecule has 0 amide bonds. The van der Waals surface area contributed by atoms with Crippen molar-refractivity contribution < 1.29 is 9.53 Å². The molecule has 0 spiro atoms. The minimum atomic E-state index is -0.663. The minimum absolute atomic E-state index is 0.0605. The number of H-pyrrole nitrogens is 2. The first-order chi connectivity index (χ1) is 12.4. The standard InChI is InChI=1S/C19H19N3O4/c1-4-8-26-18(24)13-11(3)20-16-15(17(23)22-19(25)21-16)14(13)12-7-5-6-10(2)9-12/h4-7,9,14H,1,8H2,2-3H3,(H3,20,21,22,23,25)/t14-/m0/s1. The van der Waals surface area contributed by atoms with Crippen LogP contribution < -0.4 is 16.6 Å². The quantitative estimate of drug-likeness (QED) is 0.575. The van der Waals surface area contributed by atoms with E-state index in [1.54, 1.807) is 6.92 Å². The number of aryl methyl sites for hydroxylation is 1. The third kappa shape index (κ3) is 3.11. The summed E-state index contributed by atoms with van der Waals surface area (Å²) in [5.41, 5.74) is 1.68. The molecule has 2 aromatic rings. The van der Waals surface area contributed by atoms with E-state index in [1.165, 1.54) is 6.08 Å². The topological polar surface area (TPSA) is 104 Å². The van der Waals surface area contributed by atoms with Crippen molar-refractivity contribution in [2.45, 2.75) is 19.8 Å². The van der Waals surface area contributed by atoms with Gasteiger partial charge < -0.3 is 10.1 Å². The number of hydrogen-bond acceptors (Lipinski definition) is 5. The fourth-order valence-corrected chi connectivity index (χ4v) is 3.15. The van der Waals surface area contributed by atoms with Crippen molar-refractivity contribution in [3.63, 3.8) is 0 Å². The number of allylic oxidation sites excluding steroid dienone is 1. The summed E-state index contributed by atoms with van der Waals surface area (Å²) in [7, 11) is 0. The van der Waals surface area contributed by atoms with E-state index >= 15 is 0 Å². The normalized spacial score (nSPS) is 15.8. The van der Waals surface area contributed by atoms with Crippen LogP contribution in [0.2, 0.25) is 0 Å². The van der Waals surface area contributed by atoms with Gasteiger partial charge in [-0.05, 0) is 19.4 Å². The molecule has 1 aromatic heterocycles. The van der Waals surface area contributed by atoms with Crippen LogP contribution >= 0.6 is 0 Å². The first-order valence-electron chi connectivity index (χ1n) is 8.11. The highest BCUT2D eigenvalue weighted by molar-refractivity contribution is 5.94. The first-order valence-corrected chi connectivity index (χ1v) is 8.11. The molecule has 1 aliphatic rings. The molecule has 134 valence electrons. The van der Waals surface area contributed by atoms with Crippen LogP contribution in [0.5, 0.6) is 0 Å². The summed E-state index contributed by atoms with van der Waals surface area (Å²) in [5.74, 6) is -0.926. The van der Waals surface area contributed by atoms with Gasteiger partial charge in [-0.15, -0.1) is 0 Å². The van der Waals surface area contributed by atoms with Crippen molar-refractivity contribution in [3.8, 4) is 0 Å². The molecule has 1 aromatic carbocycles. The van der Waals surface area contributed by atoms with Gasteiger partial charge in [0.05, 0.1) is 17.1 Å². The number of benzene rings is 1. The van der Waals surface area contributed by atoms with Gasteiger partial charge in [0, 0.05) is 5.70 Å². The molecule has 0 saturated carbocycles. The Morgan fingerprint density at radius 2 is 2.04 bits per heavy atom. The van der Waals surface area contributed by atoms with Crippen LogP contribution in [0.4, 0.5) is 5.82 Å². The van der Waals surface area contributed by atoms with Crippen molar-refractivity contribution in [3.05, 3.63) is 85.7 Å². The van der Waals surface area contributed by atoms with E-state index in [-0.39, 0.29) is 18.0 Å². The van der Waals surface area contributed by atoms with E-state index in [0.29, 0.717) is 11.3 Å². The molecule has 0 radical (unpaired) electrons. The molecule has 3 N–H and O–H groups in total. The number of aromatic nitrogens is 2. The monoisotopic (exact) mass is 353 g/mol. The van der Waals surface area contributed by atoms with Crippen molar-refractivity contribution in [2.75, 3.05) is 11.9 Å². The second-order valence-electron chi connectivity index (χ2n) is 6.09. The summed E-state index contributed by atoms with van der Waals surface area (Å²) >= 11 is 0. The van der Waals surface area contributed by atoms with Gasteiger partial charge in [0.25, 0.3) is 5.56 Å². The van der Waals surface area contributed by atoms with Gasteiger partial charge >= 0.3 is 11.7 Å². The van der Waals surface area contributed by atoms with Crippen molar-refractivity contribution in [1.82, 2.24) is 9.97 Å². The van der Waals surface area contributed by atoms with Gasteiger partial charge in [-0.1, -0.05) is 42.5 Å². The Morgan fingerprint density at radius 3 is 2.73 bits per heavy atom. The maximum Gasteiger partial charge on any atom is 0.337 e. The number of ether oxygens (including phenoxy) is 1. The second-order valence-corrected chi connectivity index (χ2v) is 6.09. The lowest BCUT2D eigenvalue weighted by atomic mass is 9.82. The number of anilines is 1. The Balaban J connectivity index is 2.25. The molecule has 0 aliphatic carbocycles. The van der Waals surface area contributed by atoms with Crippen molar-refractivity contribution >= 4 is 11.8 Å². The van der Waals surface area contributed by atoms with E-state index in [1.807, 2.05) is 31.2 Å². The fourth-order valence-electron chi connectivity index (χ4n) is 3.15. The number of carbonyl (C=O) groups excluding carboxylic acids is 1. The van der Waals surface area contributed by atoms with Crippen molar-refractivity contribution in [1.29, 1.82) is 0 Å². The Hall–Kier alpha value is -3.35. The van der Waals surface area contributed by atoms with E-state index in [9.17, 15) is 14.4 Å². The Bertz CT molecular complexity index is 1030. The van der Waals surface area contributed by atoms with Crippen LogP contribution in [0.15, 0.2) is 57.8 Å². The highest BCUT2D eigenvalue weighted by atomic mass is 16.5. The SMILES string of the molecule is C=CCOC(=O)C1=C(C)Nc2[nH]c(=O)[nH]c(=O)c2[C@H]1c1cccc(C)c1. The largest absolute Gasteiger partial charge is 0.458 e. The van der Waals surface area contributed by atoms with Crippen LogP contribution in [0.1, 0.15) is 29.5 Å². The molecule has 1 aliphatic heterocycles. The van der Waals surface area contributed by atoms with E-state index in [0.717, 1.165) is 11.1 Å². The third-order valence-electron chi connectivity index (χ3n) is 4.20. The second kappa shape index (κ2) is 6.87. The number of rotatable bonds is 4. The lowest BCUT2D eigenvalue weighted by molar-refractivity contribution is -0.138. The number of carbonyl (C=O) groups is 1. The maximum absolute atomic E-state index is 12.7. The lowest BCUT2D eigenvalue weighted by Crippen LogP contribution is -2.35.